The van der Waals surface area contributed by atoms with E-state index in [0.29, 0.717) is 23.6 Å². The summed E-state index contributed by atoms with van der Waals surface area (Å²) in [4.78, 5) is 20.6. The number of carbonyl (C=O) groups is 1. The molecule has 5 N–H and O–H groups in total. The molecule has 0 aliphatic rings. The SMILES string of the molecule is CC(C)S(=O)(=O)c1ccccc1Nc1nc(Nc2ccc(NC(=O)CNCCO)cc2)ncc1Cl. The van der Waals surface area contributed by atoms with E-state index >= 15 is 0 Å². The third-order valence-electron chi connectivity index (χ3n) is 4.81. The van der Waals surface area contributed by atoms with Crippen molar-refractivity contribution in [1.82, 2.24) is 15.3 Å². The summed E-state index contributed by atoms with van der Waals surface area (Å²) in [5, 5.41) is 20.0. The first-order valence-electron chi connectivity index (χ1n) is 10.8. The zero-order chi connectivity index (χ0) is 25.4. The largest absolute Gasteiger partial charge is 0.395 e. The number of amides is 1. The lowest BCUT2D eigenvalue weighted by molar-refractivity contribution is -0.115. The van der Waals surface area contributed by atoms with Crippen molar-refractivity contribution < 1.29 is 18.3 Å². The number of rotatable bonds is 11. The van der Waals surface area contributed by atoms with E-state index in [0.717, 1.165) is 0 Å². The van der Waals surface area contributed by atoms with Crippen molar-refractivity contribution in [3.8, 4) is 0 Å². The van der Waals surface area contributed by atoms with Gasteiger partial charge in [0.2, 0.25) is 11.9 Å². The van der Waals surface area contributed by atoms with Gasteiger partial charge < -0.3 is 26.4 Å². The van der Waals surface area contributed by atoms with Gasteiger partial charge in [-0.25, -0.2) is 13.4 Å². The second-order valence-electron chi connectivity index (χ2n) is 7.76. The first-order valence-corrected chi connectivity index (χ1v) is 12.7. The maximum Gasteiger partial charge on any atom is 0.238 e. The average Bonchev–Trinajstić information content (AvgIpc) is 2.83. The number of hydrogen-bond donors (Lipinski definition) is 5. The van der Waals surface area contributed by atoms with Gasteiger partial charge in [0.25, 0.3) is 0 Å². The molecule has 0 spiro atoms. The van der Waals surface area contributed by atoms with E-state index in [1.807, 2.05) is 0 Å². The molecule has 3 rings (SSSR count). The summed E-state index contributed by atoms with van der Waals surface area (Å²) in [7, 11) is -3.53. The quantitative estimate of drug-likeness (QED) is 0.241. The number of aromatic nitrogens is 2. The molecule has 0 fully saturated rings. The van der Waals surface area contributed by atoms with Crippen LogP contribution in [0.4, 0.5) is 28.8 Å². The lowest BCUT2D eigenvalue weighted by Crippen LogP contribution is -2.29. The molecule has 35 heavy (non-hydrogen) atoms. The molecule has 0 bridgehead atoms. The Morgan fingerprint density at radius 1 is 1.06 bits per heavy atom. The van der Waals surface area contributed by atoms with Crippen LogP contribution in [0.15, 0.2) is 59.6 Å². The van der Waals surface area contributed by atoms with Gasteiger partial charge in [-0.1, -0.05) is 23.7 Å². The number of anilines is 5. The number of nitrogens with zero attached hydrogens (tertiary/aromatic N) is 2. The second-order valence-corrected chi connectivity index (χ2v) is 10.6. The monoisotopic (exact) mass is 518 g/mol. The summed E-state index contributed by atoms with van der Waals surface area (Å²) in [6, 6.07) is 13.5. The Labute approximate surface area is 209 Å². The van der Waals surface area contributed by atoms with Gasteiger partial charge in [0, 0.05) is 17.9 Å². The predicted octanol–water partition coefficient (Wildman–Crippen LogP) is 3.32. The number of aliphatic hydroxyl groups is 1. The number of nitrogens with one attached hydrogen (secondary N) is 4. The van der Waals surface area contributed by atoms with Crippen molar-refractivity contribution >= 4 is 56.2 Å². The van der Waals surface area contributed by atoms with E-state index < -0.39 is 15.1 Å². The van der Waals surface area contributed by atoms with Crippen LogP contribution in [-0.2, 0) is 14.6 Å². The highest BCUT2D eigenvalue weighted by Gasteiger charge is 2.23. The summed E-state index contributed by atoms with van der Waals surface area (Å²) in [5.74, 6) is 0.261. The molecular weight excluding hydrogens is 492 g/mol. The number of aliphatic hydroxyl groups excluding tert-OH is 1. The minimum Gasteiger partial charge on any atom is -0.395 e. The minimum absolute atomic E-state index is 0.0405. The zero-order valence-corrected chi connectivity index (χ0v) is 20.8. The molecule has 12 heteroatoms. The van der Waals surface area contributed by atoms with E-state index in [9.17, 15) is 13.2 Å². The van der Waals surface area contributed by atoms with Gasteiger partial charge in [0.15, 0.2) is 15.7 Å². The zero-order valence-electron chi connectivity index (χ0n) is 19.2. The van der Waals surface area contributed by atoms with Crippen molar-refractivity contribution in [2.45, 2.75) is 24.0 Å². The number of sulfone groups is 1. The molecule has 1 amide bonds. The van der Waals surface area contributed by atoms with E-state index in [4.69, 9.17) is 16.7 Å². The Morgan fingerprint density at radius 2 is 1.74 bits per heavy atom. The summed E-state index contributed by atoms with van der Waals surface area (Å²) >= 11 is 6.27. The van der Waals surface area contributed by atoms with Crippen molar-refractivity contribution in [2.24, 2.45) is 0 Å². The van der Waals surface area contributed by atoms with Crippen LogP contribution in [0.3, 0.4) is 0 Å². The van der Waals surface area contributed by atoms with Crippen LogP contribution in [-0.4, -0.2) is 54.3 Å². The third-order valence-corrected chi connectivity index (χ3v) is 7.30. The molecule has 1 heterocycles. The highest BCUT2D eigenvalue weighted by Crippen LogP contribution is 2.30. The van der Waals surface area contributed by atoms with Gasteiger partial charge in [-0.05, 0) is 50.2 Å². The number of hydrogen-bond acceptors (Lipinski definition) is 9. The molecule has 0 unspecified atom stereocenters. The molecule has 2 aromatic carbocycles. The maximum atomic E-state index is 12.7. The van der Waals surface area contributed by atoms with E-state index in [-0.39, 0.29) is 40.7 Å². The van der Waals surface area contributed by atoms with Crippen molar-refractivity contribution in [3.63, 3.8) is 0 Å². The fourth-order valence-corrected chi connectivity index (χ4v) is 4.31. The Bertz CT molecular complexity index is 1270. The van der Waals surface area contributed by atoms with Crippen LogP contribution in [0.1, 0.15) is 13.8 Å². The number of carbonyl (C=O) groups excluding carboxylic acids is 1. The first-order chi connectivity index (χ1) is 16.7. The third kappa shape index (κ3) is 7.12. The van der Waals surface area contributed by atoms with Gasteiger partial charge in [0.05, 0.1) is 35.2 Å². The van der Waals surface area contributed by atoms with Crippen LogP contribution in [0.5, 0.6) is 0 Å². The molecular formula is C23H27ClN6O4S. The molecule has 186 valence electrons. The second kappa shape index (κ2) is 11.9. The molecule has 3 aromatic rings. The molecule has 0 saturated carbocycles. The smallest absolute Gasteiger partial charge is 0.238 e. The van der Waals surface area contributed by atoms with Crippen molar-refractivity contribution in [3.05, 3.63) is 59.8 Å². The van der Waals surface area contributed by atoms with Crippen LogP contribution in [0.2, 0.25) is 5.02 Å². The van der Waals surface area contributed by atoms with E-state index in [1.54, 1.807) is 56.3 Å². The maximum absolute atomic E-state index is 12.7. The number of halogens is 1. The average molecular weight is 519 g/mol. The van der Waals surface area contributed by atoms with E-state index in [2.05, 4.69) is 31.2 Å². The topological polar surface area (TPSA) is 145 Å². The molecule has 0 radical (unpaired) electrons. The van der Waals surface area contributed by atoms with Crippen LogP contribution >= 0.6 is 11.6 Å². The molecule has 0 aliphatic carbocycles. The molecule has 1 aromatic heterocycles. The van der Waals surface area contributed by atoms with Gasteiger partial charge in [-0.2, -0.15) is 4.98 Å². The van der Waals surface area contributed by atoms with Gasteiger partial charge >= 0.3 is 0 Å². The van der Waals surface area contributed by atoms with Crippen molar-refractivity contribution in [2.75, 3.05) is 35.6 Å². The Kier molecular flexibility index (Phi) is 8.99. The minimum atomic E-state index is -3.53. The Balaban J connectivity index is 1.73. The molecule has 0 aliphatic heterocycles. The summed E-state index contributed by atoms with van der Waals surface area (Å²) in [6.45, 7) is 3.64. The highest BCUT2D eigenvalue weighted by molar-refractivity contribution is 7.92. The molecule has 10 nitrogen and oxygen atoms in total. The van der Waals surface area contributed by atoms with Crippen LogP contribution in [0.25, 0.3) is 0 Å². The Hall–Kier alpha value is -3.25. The lowest BCUT2D eigenvalue weighted by Gasteiger charge is -2.15. The van der Waals surface area contributed by atoms with Crippen LogP contribution < -0.4 is 21.3 Å². The van der Waals surface area contributed by atoms with E-state index in [1.165, 1.54) is 12.3 Å². The standard InChI is InChI=1S/C23H27ClN6O4S/c1-15(2)35(33,34)20-6-4-3-5-19(20)29-22-18(24)13-26-23(30-22)28-17-9-7-16(8-10-17)27-21(32)14-25-11-12-31/h3-10,13,15,25,31H,11-12,14H2,1-2H3,(H,27,32)(H2,26,28,29,30). The predicted molar refractivity (Wildman–Crippen MR) is 137 cm³/mol. The highest BCUT2D eigenvalue weighted by atomic mass is 35.5. The molecule has 0 saturated heterocycles. The first kappa shape index (κ1) is 26.4. The summed E-state index contributed by atoms with van der Waals surface area (Å²) < 4.78 is 25.5. The number of para-hydroxylation sites is 1. The van der Waals surface area contributed by atoms with Crippen molar-refractivity contribution in [1.29, 1.82) is 0 Å². The number of benzene rings is 2. The molecule has 0 atom stereocenters. The lowest BCUT2D eigenvalue weighted by atomic mass is 10.3. The van der Waals surface area contributed by atoms with Gasteiger partial charge in [-0.15, -0.1) is 0 Å². The fraction of sp³-hybridized carbons (Fsp3) is 0.261. The fourth-order valence-electron chi connectivity index (χ4n) is 2.97. The Morgan fingerprint density at radius 3 is 2.43 bits per heavy atom. The van der Waals surface area contributed by atoms with Gasteiger partial charge in [-0.3, -0.25) is 4.79 Å². The van der Waals surface area contributed by atoms with Crippen LogP contribution in [0, 0.1) is 0 Å². The summed E-state index contributed by atoms with van der Waals surface area (Å²) in [5.41, 5.74) is 1.63. The van der Waals surface area contributed by atoms with Gasteiger partial charge in [0.1, 0.15) is 5.02 Å². The summed E-state index contributed by atoms with van der Waals surface area (Å²) in [6.07, 6.45) is 1.41. The normalized spacial score (nSPS) is 11.3.